The van der Waals surface area contributed by atoms with E-state index in [0.29, 0.717) is 4.90 Å². The van der Waals surface area contributed by atoms with Crippen molar-refractivity contribution in [3.63, 3.8) is 0 Å². The van der Waals surface area contributed by atoms with E-state index < -0.39 is 28.0 Å². The molecule has 2 unspecified atom stereocenters. The van der Waals surface area contributed by atoms with E-state index in [9.17, 15) is 13.8 Å². The zero-order chi connectivity index (χ0) is 15.0. The predicted octanol–water partition coefficient (Wildman–Crippen LogP) is 1.46. The van der Waals surface area contributed by atoms with Gasteiger partial charge in [0.1, 0.15) is 11.9 Å². The molecule has 0 radical (unpaired) electrons. The van der Waals surface area contributed by atoms with E-state index in [1.165, 1.54) is 13.2 Å². The van der Waals surface area contributed by atoms with Gasteiger partial charge in [0.2, 0.25) is 0 Å². The number of hydrogen-bond donors (Lipinski definition) is 0. The summed E-state index contributed by atoms with van der Waals surface area (Å²) >= 11 is 0. The van der Waals surface area contributed by atoms with Gasteiger partial charge in [-0.2, -0.15) is 0 Å². The lowest BCUT2D eigenvalue weighted by atomic mass is 10.3. The smallest absolute Gasteiger partial charge is 0.322 e. The fourth-order valence-electron chi connectivity index (χ4n) is 1.46. The van der Waals surface area contributed by atoms with E-state index in [1.807, 2.05) is 0 Å². The highest BCUT2D eigenvalue weighted by Crippen LogP contribution is 2.15. The van der Waals surface area contributed by atoms with E-state index >= 15 is 0 Å². The van der Waals surface area contributed by atoms with E-state index in [-0.39, 0.29) is 13.0 Å². The van der Waals surface area contributed by atoms with Crippen LogP contribution in [-0.4, -0.2) is 35.1 Å². The highest BCUT2D eigenvalue weighted by molar-refractivity contribution is 7.86. The zero-order valence-electron chi connectivity index (χ0n) is 11.1. The summed E-state index contributed by atoms with van der Waals surface area (Å²) in [6.07, 6.45) is 1.11. The molecule has 0 bridgehead atoms. The van der Waals surface area contributed by atoms with Crippen LogP contribution >= 0.6 is 0 Å². The number of esters is 2. The molecule has 1 aromatic rings. The number of carbonyl (C=O) groups is 2. The Morgan fingerprint density at radius 3 is 2.55 bits per heavy atom. The van der Waals surface area contributed by atoms with E-state index in [1.54, 1.807) is 30.3 Å². The number of rotatable bonds is 7. The van der Waals surface area contributed by atoms with Gasteiger partial charge in [-0.15, -0.1) is 0 Å². The third kappa shape index (κ3) is 4.62. The van der Waals surface area contributed by atoms with Gasteiger partial charge in [-0.3, -0.25) is 13.8 Å². The Kier molecular flexibility index (Phi) is 6.66. The fourth-order valence-corrected chi connectivity index (χ4v) is 2.77. The first-order chi connectivity index (χ1) is 9.60. The number of hydrogen-bond acceptors (Lipinski definition) is 5. The van der Waals surface area contributed by atoms with Crippen LogP contribution in [0.1, 0.15) is 6.42 Å². The minimum Gasteiger partial charge on any atom is -0.468 e. The van der Waals surface area contributed by atoms with Gasteiger partial charge < -0.3 is 9.47 Å². The van der Waals surface area contributed by atoms with Crippen molar-refractivity contribution in [2.24, 2.45) is 0 Å². The van der Waals surface area contributed by atoms with E-state index in [2.05, 4.69) is 11.3 Å². The molecule has 0 N–H and O–H groups in total. The van der Waals surface area contributed by atoms with Crippen molar-refractivity contribution in [3.05, 3.63) is 43.0 Å². The number of benzene rings is 1. The van der Waals surface area contributed by atoms with Crippen LogP contribution in [0.15, 0.2) is 47.9 Å². The van der Waals surface area contributed by atoms with Crippen LogP contribution in [0.2, 0.25) is 0 Å². The van der Waals surface area contributed by atoms with Gasteiger partial charge in [0.15, 0.2) is 0 Å². The van der Waals surface area contributed by atoms with Gasteiger partial charge in [0.05, 0.1) is 24.3 Å². The molecule has 0 amide bonds. The number of methoxy groups -OCH3 is 1. The van der Waals surface area contributed by atoms with Gasteiger partial charge in [0.25, 0.3) is 0 Å². The maximum absolute atomic E-state index is 12.3. The molecule has 0 fully saturated rings. The van der Waals surface area contributed by atoms with Crippen LogP contribution in [0.5, 0.6) is 0 Å². The number of carbonyl (C=O) groups excluding carboxylic acids is 2. The number of ether oxygens (including phenoxy) is 2. The second-order valence-electron chi connectivity index (χ2n) is 3.80. The molecule has 20 heavy (non-hydrogen) atoms. The topological polar surface area (TPSA) is 69.7 Å². The Morgan fingerprint density at radius 1 is 1.35 bits per heavy atom. The van der Waals surface area contributed by atoms with Crippen LogP contribution in [0.3, 0.4) is 0 Å². The highest BCUT2D eigenvalue weighted by atomic mass is 32.2. The molecule has 0 saturated heterocycles. The van der Waals surface area contributed by atoms with Gasteiger partial charge in [-0.25, -0.2) is 0 Å². The van der Waals surface area contributed by atoms with Crippen molar-refractivity contribution in [2.75, 3.05) is 13.7 Å². The summed E-state index contributed by atoms with van der Waals surface area (Å²) in [4.78, 5) is 23.7. The molecule has 0 aliphatic rings. The molecule has 2 atom stereocenters. The lowest BCUT2D eigenvalue weighted by Gasteiger charge is -2.13. The van der Waals surface area contributed by atoms with Crippen molar-refractivity contribution in [2.45, 2.75) is 16.6 Å². The van der Waals surface area contributed by atoms with Gasteiger partial charge >= 0.3 is 11.9 Å². The van der Waals surface area contributed by atoms with Crippen LogP contribution in [-0.2, 0) is 29.9 Å². The van der Waals surface area contributed by atoms with Crippen molar-refractivity contribution in [3.8, 4) is 0 Å². The predicted molar refractivity (Wildman–Crippen MR) is 74.4 cm³/mol. The Balaban J connectivity index is 2.84. The maximum atomic E-state index is 12.3. The molecular formula is C14H16O5S. The molecule has 1 aromatic carbocycles. The first kappa shape index (κ1) is 16.1. The summed E-state index contributed by atoms with van der Waals surface area (Å²) in [7, 11) is -0.491. The van der Waals surface area contributed by atoms with E-state index in [0.717, 1.165) is 0 Å². The minimum absolute atomic E-state index is 0.0463. The molecule has 0 spiro atoms. The van der Waals surface area contributed by atoms with Gasteiger partial charge in [-0.05, 0) is 12.1 Å². The van der Waals surface area contributed by atoms with Crippen molar-refractivity contribution in [1.29, 1.82) is 0 Å². The monoisotopic (exact) mass is 296 g/mol. The van der Waals surface area contributed by atoms with Crippen molar-refractivity contribution in [1.82, 2.24) is 0 Å². The summed E-state index contributed by atoms with van der Waals surface area (Å²) in [5, 5.41) is -1.08. The molecule has 108 valence electrons. The first-order valence-electron chi connectivity index (χ1n) is 5.90. The quantitative estimate of drug-likeness (QED) is 0.563. The molecule has 1 rings (SSSR count). The molecule has 6 heteroatoms. The largest absolute Gasteiger partial charge is 0.468 e. The third-order valence-electron chi connectivity index (χ3n) is 2.41. The van der Waals surface area contributed by atoms with Gasteiger partial charge in [0, 0.05) is 4.90 Å². The van der Waals surface area contributed by atoms with Crippen molar-refractivity contribution < 1.29 is 23.3 Å². The average molecular weight is 296 g/mol. The summed E-state index contributed by atoms with van der Waals surface area (Å²) < 4.78 is 21.7. The lowest BCUT2D eigenvalue weighted by molar-refractivity contribution is -0.147. The fraction of sp³-hybridized carbons (Fsp3) is 0.286. The van der Waals surface area contributed by atoms with Gasteiger partial charge in [-0.1, -0.05) is 30.9 Å². The Hall–Kier alpha value is -1.95. The molecule has 0 aliphatic carbocycles. The third-order valence-corrected chi connectivity index (χ3v) is 4.02. The summed E-state index contributed by atoms with van der Waals surface area (Å²) in [5.41, 5.74) is 0. The molecule has 0 aliphatic heterocycles. The normalized spacial score (nSPS) is 13.1. The summed E-state index contributed by atoms with van der Waals surface area (Å²) in [5.74, 6) is -1.33. The SMILES string of the molecule is C=CCOC(=O)CC(C(=O)OC)S(=O)c1ccccc1. The van der Waals surface area contributed by atoms with E-state index in [4.69, 9.17) is 4.74 Å². The van der Waals surface area contributed by atoms with Crippen molar-refractivity contribution >= 4 is 22.7 Å². The van der Waals surface area contributed by atoms with Crippen LogP contribution < -0.4 is 0 Å². The Labute approximate surface area is 120 Å². The molecule has 0 heterocycles. The van der Waals surface area contributed by atoms with Crippen LogP contribution in [0.4, 0.5) is 0 Å². The van der Waals surface area contributed by atoms with Crippen LogP contribution in [0, 0.1) is 0 Å². The second kappa shape index (κ2) is 8.27. The standard InChI is InChI=1S/C14H16O5S/c1-3-9-19-13(15)10-12(14(16)18-2)20(17)11-7-5-4-6-8-11/h3-8,12H,1,9-10H2,2H3. The minimum atomic E-state index is -1.68. The zero-order valence-corrected chi connectivity index (χ0v) is 11.9. The Bertz CT molecular complexity index is 498. The molecular weight excluding hydrogens is 280 g/mol. The Morgan fingerprint density at radius 2 is 2.00 bits per heavy atom. The molecule has 5 nitrogen and oxygen atoms in total. The molecule has 0 saturated carbocycles. The summed E-state index contributed by atoms with van der Waals surface area (Å²) in [6, 6.07) is 8.43. The lowest BCUT2D eigenvalue weighted by Crippen LogP contribution is -2.30. The first-order valence-corrected chi connectivity index (χ1v) is 7.11. The summed E-state index contributed by atoms with van der Waals surface area (Å²) in [6.45, 7) is 3.46. The molecule has 0 aromatic heterocycles. The second-order valence-corrected chi connectivity index (χ2v) is 5.43. The maximum Gasteiger partial charge on any atom is 0.322 e. The highest BCUT2D eigenvalue weighted by Gasteiger charge is 2.30. The average Bonchev–Trinajstić information content (AvgIpc) is 2.50. The van der Waals surface area contributed by atoms with Crippen LogP contribution in [0.25, 0.3) is 0 Å².